The third kappa shape index (κ3) is 1.41. The highest BCUT2D eigenvalue weighted by atomic mass is 35.5. The minimum Gasteiger partial charge on any atom is -0.360 e. The van der Waals surface area contributed by atoms with Crippen LogP contribution in [0.3, 0.4) is 0 Å². The van der Waals surface area contributed by atoms with Crippen molar-refractivity contribution in [3.63, 3.8) is 0 Å². The summed E-state index contributed by atoms with van der Waals surface area (Å²) in [6.07, 6.45) is 1.99. The molecule has 0 aliphatic carbocycles. The predicted molar refractivity (Wildman–Crippen MR) is 60.8 cm³/mol. The average molecular weight is 209 g/mol. The first kappa shape index (κ1) is 9.56. The normalized spacial score (nSPS) is 13.4. The summed E-state index contributed by atoms with van der Waals surface area (Å²) >= 11 is 6.06. The molecule has 1 heterocycles. The van der Waals surface area contributed by atoms with Gasteiger partial charge in [0.15, 0.2) is 0 Å². The van der Waals surface area contributed by atoms with E-state index in [4.69, 9.17) is 17.3 Å². The molecule has 0 aliphatic rings. The SMILES string of the molecule is CC(CN)c1c[nH]c2c(Cl)cccc12. The molecule has 1 unspecified atom stereocenters. The first-order valence-electron chi connectivity index (χ1n) is 4.69. The molecule has 1 aromatic carbocycles. The van der Waals surface area contributed by atoms with Gasteiger partial charge in [-0.05, 0) is 24.1 Å². The van der Waals surface area contributed by atoms with Crippen LogP contribution in [-0.2, 0) is 0 Å². The Kier molecular flexibility index (Phi) is 2.48. The van der Waals surface area contributed by atoms with Crippen LogP contribution >= 0.6 is 11.6 Å². The minimum absolute atomic E-state index is 0.363. The first-order valence-corrected chi connectivity index (χ1v) is 5.07. The molecule has 0 radical (unpaired) electrons. The van der Waals surface area contributed by atoms with Gasteiger partial charge in [-0.3, -0.25) is 0 Å². The van der Waals surface area contributed by atoms with Crippen molar-refractivity contribution in [1.29, 1.82) is 0 Å². The number of H-pyrrole nitrogens is 1. The highest BCUT2D eigenvalue weighted by Gasteiger charge is 2.10. The Morgan fingerprint density at radius 3 is 3.00 bits per heavy atom. The fraction of sp³-hybridized carbons (Fsp3) is 0.273. The first-order chi connectivity index (χ1) is 6.74. The zero-order valence-electron chi connectivity index (χ0n) is 8.05. The minimum atomic E-state index is 0.363. The van der Waals surface area contributed by atoms with E-state index in [-0.39, 0.29) is 0 Å². The van der Waals surface area contributed by atoms with Crippen molar-refractivity contribution in [3.8, 4) is 0 Å². The summed E-state index contributed by atoms with van der Waals surface area (Å²) < 4.78 is 0. The molecule has 1 atom stereocenters. The van der Waals surface area contributed by atoms with Crippen molar-refractivity contribution in [2.45, 2.75) is 12.8 Å². The second-order valence-electron chi connectivity index (χ2n) is 3.54. The van der Waals surface area contributed by atoms with E-state index in [1.807, 2.05) is 18.3 Å². The molecular weight excluding hydrogens is 196 g/mol. The van der Waals surface area contributed by atoms with Gasteiger partial charge < -0.3 is 10.7 Å². The van der Waals surface area contributed by atoms with Gasteiger partial charge in [0.2, 0.25) is 0 Å². The Bertz CT molecular complexity index is 447. The van der Waals surface area contributed by atoms with E-state index in [0.29, 0.717) is 12.5 Å². The number of aromatic nitrogens is 1. The van der Waals surface area contributed by atoms with Crippen LogP contribution in [-0.4, -0.2) is 11.5 Å². The maximum atomic E-state index is 6.06. The van der Waals surface area contributed by atoms with Crippen molar-refractivity contribution in [3.05, 3.63) is 35.0 Å². The van der Waals surface area contributed by atoms with Crippen molar-refractivity contribution < 1.29 is 0 Å². The number of halogens is 1. The highest BCUT2D eigenvalue weighted by molar-refractivity contribution is 6.35. The molecule has 14 heavy (non-hydrogen) atoms. The van der Waals surface area contributed by atoms with Gasteiger partial charge in [0.1, 0.15) is 0 Å². The Labute approximate surface area is 88.1 Å². The Morgan fingerprint density at radius 2 is 2.29 bits per heavy atom. The number of aromatic amines is 1. The number of rotatable bonds is 2. The lowest BCUT2D eigenvalue weighted by Gasteiger charge is -2.06. The van der Waals surface area contributed by atoms with Crippen LogP contribution in [0.1, 0.15) is 18.4 Å². The number of fused-ring (bicyclic) bond motifs is 1. The van der Waals surface area contributed by atoms with E-state index in [9.17, 15) is 0 Å². The number of hydrogen-bond donors (Lipinski definition) is 2. The van der Waals surface area contributed by atoms with Crippen LogP contribution in [0.15, 0.2) is 24.4 Å². The smallest absolute Gasteiger partial charge is 0.0647 e. The fourth-order valence-corrected chi connectivity index (χ4v) is 1.90. The molecule has 0 bridgehead atoms. The predicted octanol–water partition coefficient (Wildman–Crippen LogP) is 2.88. The van der Waals surface area contributed by atoms with Gasteiger partial charge in [-0.15, -0.1) is 0 Å². The Hall–Kier alpha value is -0.990. The molecule has 3 heteroatoms. The van der Waals surface area contributed by atoms with E-state index in [2.05, 4.69) is 18.0 Å². The summed E-state index contributed by atoms with van der Waals surface area (Å²) in [7, 11) is 0. The van der Waals surface area contributed by atoms with E-state index < -0.39 is 0 Å². The highest BCUT2D eigenvalue weighted by Crippen LogP contribution is 2.29. The van der Waals surface area contributed by atoms with E-state index in [1.165, 1.54) is 10.9 Å². The third-order valence-electron chi connectivity index (χ3n) is 2.58. The largest absolute Gasteiger partial charge is 0.360 e. The summed E-state index contributed by atoms with van der Waals surface area (Å²) in [4.78, 5) is 3.18. The van der Waals surface area contributed by atoms with Crippen LogP contribution in [0.4, 0.5) is 0 Å². The lowest BCUT2D eigenvalue weighted by Crippen LogP contribution is -2.08. The molecule has 1 aromatic heterocycles. The van der Waals surface area contributed by atoms with E-state index in [0.717, 1.165) is 10.5 Å². The second kappa shape index (κ2) is 3.64. The lowest BCUT2D eigenvalue weighted by atomic mass is 10.0. The number of benzene rings is 1. The Morgan fingerprint density at radius 1 is 1.50 bits per heavy atom. The van der Waals surface area contributed by atoms with E-state index >= 15 is 0 Å². The van der Waals surface area contributed by atoms with Gasteiger partial charge in [0.05, 0.1) is 10.5 Å². The molecule has 3 N–H and O–H groups in total. The van der Waals surface area contributed by atoms with Crippen LogP contribution in [0.25, 0.3) is 10.9 Å². The number of para-hydroxylation sites is 1. The van der Waals surface area contributed by atoms with Crippen LogP contribution in [0.2, 0.25) is 5.02 Å². The molecule has 2 nitrogen and oxygen atoms in total. The fourth-order valence-electron chi connectivity index (χ4n) is 1.67. The van der Waals surface area contributed by atoms with Crippen molar-refractivity contribution in [2.24, 2.45) is 5.73 Å². The van der Waals surface area contributed by atoms with Crippen molar-refractivity contribution >= 4 is 22.5 Å². The molecule has 0 fully saturated rings. The molecule has 74 valence electrons. The zero-order valence-corrected chi connectivity index (χ0v) is 8.81. The molecule has 0 saturated heterocycles. The number of nitrogens with one attached hydrogen (secondary N) is 1. The van der Waals surface area contributed by atoms with E-state index in [1.54, 1.807) is 0 Å². The van der Waals surface area contributed by atoms with Crippen molar-refractivity contribution in [1.82, 2.24) is 4.98 Å². The van der Waals surface area contributed by atoms with Crippen LogP contribution < -0.4 is 5.73 Å². The topological polar surface area (TPSA) is 41.8 Å². The van der Waals surface area contributed by atoms with Gasteiger partial charge in [0.25, 0.3) is 0 Å². The molecule has 0 saturated carbocycles. The van der Waals surface area contributed by atoms with Crippen molar-refractivity contribution in [2.75, 3.05) is 6.54 Å². The standard InChI is InChI=1S/C11H13ClN2/c1-7(5-13)9-6-14-11-8(9)3-2-4-10(11)12/h2-4,6-7,14H,5,13H2,1H3. The average Bonchev–Trinajstić information content (AvgIpc) is 2.62. The Balaban J connectivity index is 2.63. The van der Waals surface area contributed by atoms with Gasteiger partial charge >= 0.3 is 0 Å². The lowest BCUT2D eigenvalue weighted by molar-refractivity contribution is 0.780. The van der Waals surface area contributed by atoms with Gasteiger partial charge in [-0.2, -0.15) is 0 Å². The molecule has 0 aliphatic heterocycles. The van der Waals surface area contributed by atoms with Gasteiger partial charge in [-0.1, -0.05) is 30.7 Å². The number of hydrogen-bond acceptors (Lipinski definition) is 1. The van der Waals surface area contributed by atoms with Gasteiger partial charge in [0, 0.05) is 11.6 Å². The summed E-state index contributed by atoms with van der Waals surface area (Å²) in [6.45, 7) is 2.77. The monoisotopic (exact) mass is 208 g/mol. The number of nitrogens with two attached hydrogens (primary N) is 1. The summed E-state index contributed by atoms with van der Waals surface area (Å²) in [5.74, 6) is 0.363. The maximum Gasteiger partial charge on any atom is 0.0647 e. The summed E-state index contributed by atoms with van der Waals surface area (Å²) in [6, 6.07) is 5.92. The summed E-state index contributed by atoms with van der Waals surface area (Å²) in [5, 5.41) is 1.94. The molecular formula is C11H13ClN2. The van der Waals surface area contributed by atoms with Gasteiger partial charge in [-0.25, -0.2) is 0 Å². The third-order valence-corrected chi connectivity index (χ3v) is 2.90. The quantitative estimate of drug-likeness (QED) is 0.783. The summed E-state index contributed by atoms with van der Waals surface area (Å²) in [5.41, 5.74) is 7.89. The zero-order chi connectivity index (χ0) is 10.1. The van der Waals surface area contributed by atoms with Crippen LogP contribution in [0.5, 0.6) is 0 Å². The molecule has 2 aromatic rings. The molecule has 0 spiro atoms. The maximum absolute atomic E-state index is 6.06. The molecule has 2 rings (SSSR count). The second-order valence-corrected chi connectivity index (χ2v) is 3.95. The molecule has 0 amide bonds. The van der Waals surface area contributed by atoms with Crippen LogP contribution in [0, 0.1) is 0 Å².